The first-order chi connectivity index (χ1) is 14.4. The Labute approximate surface area is 182 Å². The minimum Gasteiger partial charge on any atom is -0.381 e. The molecule has 0 saturated carbocycles. The number of nitrogens with one attached hydrogen (secondary N) is 3. The number of anilines is 1. The maximum atomic E-state index is 12.8. The van der Waals surface area contributed by atoms with Crippen LogP contribution in [0.4, 0.5) is 10.5 Å². The molecule has 0 aromatic heterocycles. The van der Waals surface area contributed by atoms with Gasteiger partial charge in [0, 0.05) is 47.5 Å². The van der Waals surface area contributed by atoms with E-state index < -0.39 is 0 Å². The van der Waals surface area contributed by atoms with Crippen molar-refractivity contribution in [2.75, 3.05) is 25.1 Å². The highest BCUT2D eigenvalue weighted by atomic mass is 35.5. The van der Waals surface area contributed by atoms with E-state index in [1.54, 1.807) is 24.3 Å². The third-order valence-electron chi connectivity index (χ3n) is 5.30. The Morgan fingerprint density at radius 1 is 1.10 bits per heavy atom. The van der Waals surface area contributed by atoms with Gasteiger partial charge in [0.15, 0.2) is 0 Å². The minimum absolute atomic E-state index is 0.0278. The van der Waals surface area contributed by atoms with Crippen LogP contribution in [0.3, 0.4) is 0 Å². The quantitative estimate of drug-likeness (QED) is 0.638. The summed E-state index contributed by atoms with van der Waals surface area (Å²) in [5.74, 6) is -0.178. The Morgan fingerprint density at radius 3 is 2.47 bits per heavy atom. The van der Waals surface area contributed by atoms with E-state index in [2.05, 4.69) is 16.0 Å². The summed E-state index contributed by atoms with van der Waals surface area (Å²) in [6, 6.07) is 14.5. The van der Waals surface area contributed by atoms with Gasteiger partial charge in [-0.25, -0.2) is 4.79 Å². The highest BCUT2D eigenvalue weighted by molar-refractivity contribution is 6.30. The summed E-state index contributed by atoms with van der Waals surface area (Å²) < 4.78 is 5.56. The van der Waals surface area contributed by atoms with Gasteiger partial charge in [0.05, 0.1) is 0 Å². The first kappa shape index (κ1) is 22.1. The molecular weight excluding hydrogens is 402 g/mol. The van der Waals surface area contributed by atoms with Crippen LogP contribution < -0.4 is 16.0 Å². The number of carbonyl (C=O) groups excluding carboxylic acids is 2. The van der Waals surface area contributed by atoms with Gasteiger partial charge in [-0.3, -0.25) is 4.79 Å². The highest BCUT2D eigenvalue weighted by Crippen LogP contribution is 2.35. The van der Waals surface area contributed by atoms with Crippen LogP contribution in [0.2, 0.25) is 5.02 Å². The van der Waals surface area contributed by atoms with Crippen LogP contribution in [-0.4, -0.2) is 37.7 Å². The number of urea groups is 1. The molecule has 1 saturated heterocycles. The second-order valence-corrected chi connectivity index (χ2v) is 8.35. The van der Waals surface area contributed by atoms with Crippen molar-refractivity contribution in [2.45, 2.75) is 38.1 Å². The second kappa shape index (κ2) is 9.96. The minimum atomic E-state index is -0.300. The van der Waals surface area contributed by atoms with Crippen molar-refractivity contribution >= 4 is 29.2 Å². The SMILES string of the molecule is CC(C)NC(=O)Nc1cccc(C(=O)NCC2(c3ccc(Cl)cc3)CCOCC2)c1. The maximum Gasteiger partial charge on any atom is 0.319 e. The Bertz CT molecular complexity index is 878. The summed E-state index contributed by atoms with van der Waals surface area (Å²) in [5, 5.41) is 9.29. The largest absolute Gasteiger partial charge is 0.381 e. The molecule has 1 aliphatic rings. The molecule has 6 nitrogen and oxygen atoms in total. The molecule has 0 unspecified atom stereocenters. The van der Waals surface area contributed by atoms with Crippen LogP contribution in [-0.2, 0) is 10.2 Å². The molecule has 3 N–H and O–H groups in total. The standard InChI is InChI=1S/C23H28ClN3O3/c1-16(2)26-22(29)27-20-5-3-4-17(14-20)21(28)25-15-23(10-12-30-13-11-23)18-6-8-19(24)9-7-18/h3-9,14,16H,10-13,15H2,1-2H3,(H,25,28)(H2,26,27,29). The molecule has 1 heterocycles. The monoisotopic (exact) mass is 429 g/mol. The summed E-state index contributed by atoms with van der Waals surface area (Å²) in [6.07, 6.45) is 1.65. The van der Waals surface area contributed by atoms with E-state index in [1.165, 1.54) is 0 Å². The second-order valence-electron chi connectivity index (χ2n) is 7.92. The Morgan fingerprint density at radius 2 is 1.80 bits per heavy atom. The van der Waals surface area contributed by atoms with E-state index in [0.717, 1.165) is 18.4 Å². The molecule has 160 valence electrons. The van der Waals surface area contributed by atoms with Crippen molar-refractivity contribution in [2.24, 2.45) is 0 Å². The molecule has 0 bridgehead atoms. The lowest BCUT2D eigenvalue weighted by atomic mass is 9.74. The molecule has 2 aromatic rings. The van der Waals surface area contributed by atoms with Crippen molar-refractivity contribution in [3.63, 3.8) is 0 Å². The fourth-order valence-corrected chi connectivity index (χ4v) is 3.78. The van der Waals surface area contributed by atoms with Crippen LogP contribution in [0, 0.1) is 0 Å². The Hall–Kier alpha value is -2.57. The zero-order valence-electron chi connectivity index (χ0n) is 17.3. The average Bonchev–Trinajstić information content (AvgIpc) is 2.72. The first-order valence-electron chi connectivity index (χ1n) is 10.2. The van der Waals surface area contributed by atoms with Gasteiger partial charge in [-0.15, -0.1) is 0 Å². The molecule has 0 spiro atoms. The van der Waals surface area contributed by atoms with Crippen LogP contribution in [0.1, 0.15) is 42.6 Å². The first-order valence-corrected chi connectivity index (χ1v) is 10.6. The third kappa shape index (κ3) is 5.74. The van der Waals surface area contributed by atoms with Crippen LogP contribution in [0.5, 0.6) is 0 Å². The number of benzene rings is 2. The molecule has 1 fully saturated rings. The summed E-state index contributed by atoms with van der Waals surface area (Å²) in [5.41, 5.74) is 2.03. The molecule has 3 rings (SSSR count). The van der Waals surface area contributed by atoms with Crippen molar-refractivity contribution in [3.05, 3.63) is 64.7 Å². The lowest BCUT2D eigenvalue weighted by Gasteiger charge is -2.38. The molecular formula is C23H28ClN3O3. The number of halogens is 1. The predicted octanol–water partition coefficient (Wildman–Crippen LogP) is 4.35. The summed E-state index contributed by atoms with van der Waals surface area (Å²) in [6.45, 7) is 5.58. The summed E-state index contributed by atoms with van der Waals surface area (Å²) >= 11 is 6.05. The number of amides is 3. The van der Waals surface area contributed by atoms with Gasteiger partial charge >= 0.3 is 6.03 Å². The molecule has 3 amide bonds. The van der Waals surface area contributed by atoms with E-state index in [0.29, 0.717) is 36.0 Å². The molecule has 0 aliphatic carbocycles. The Kier molecular flexibility index (Phi) is 7.34. The predicted molar refractivity (Wildman–Crippen MR) is 119 cm³/mol. The summed E-state index contributed by atoms with van der Waals surface area (Å²) in [4.78, 5) is 24.8. The van der Waals surface area contributed by atoms with Gasteiger partial charge in [-0.1, -0.05) is 29.8 Å². The zero-order valence-corrected chi connectivity index (χ0v) is 18.1. The van der Waals surface area contributed by atoms with Crippen LogP contribution in [0.15, 0.2) is 48.5 Å². The van der Waals surface area contributed by atoms with Gasteiger partial charge < -0.3 is 20.7 Å². The number of rotatable bonds is 6. The lowest BCUT2D eigenvalue weighted by molar-refractivity contribution is 0.0487. The number of hydrogen-bond acceptors (Lipinski definition) is 3. The maximum absolute atomic E-state index is 12.8. The van der Waals surface area contributed by atoms with Crippen LogP contribution >= 0.6 is 11.6 Å². The summed E-state index contributed by atoms with van der Waals surface area (Å²) in [7, 11) is 0. The van der Waals surface area contributed by atoms with Crippen LogP contribution in [0.25, 0.3) is 0 Å². The van der Waals surface area contributed by atoms with Crippen molar-refractivity contribution in [3.8, 4) is 0 Å². The van der Waals surface area contributed by atoms with Gasteiger partial charge in [0.25, 0.3) is 5.91 Å². The van der Waals surface area contributed by atoms with E-state index in [4.69, 9.17) is 16.3 Å². The molecule has 0 radical (unpaired) electrons. The topological polar surface area (TPSA) is 79.5 Å². The fraction of sp³-hybridized carbons (Fsp3) is 0.391. The molecule has 0 atom stereocenters. The fourth-order valence-electron chi connectivity index (χ4n) is 3.65. The van der Waals surface area contributed by atoms with Crippen molar-refractivity contribution < 1.29 is 14.3 Å². The molecule has 7 heteroatoms. The van der Waals surface area contributed by atoms with E-state index in [1.807, 2.05) is 38.1 Å². The third-order valence-corrected chi connectivity index (χ3v) is 5.55. The number of hydrogen-bond donors (Lipinski definition) is 3. The number of carbonyl (C=O) groups is 2. The normalized spacial score (nSPS) is 15.5. The highest BCUT2D eigenvalue weighted by Gasteiger charge is 2.35. The van der Waals surface area contributed by atoms with Crippen molar-refractivity contribution in [1.29, 1.82) is 0 Å². The van der Waals surface area contributed by atoms with E-state index >= 15 is 0 Å². The van der Waals surface area contributed by atoms with Crippen molar-refractivity contribution in [1.82, 2.24) is 10.6 Å². The Balaban J connectivity index is 1.69. The van der Waals surface area contributed by atoms with Gasteiger partial charge in [-0.05, 0) is 62.6 Å². The van der Waals surface area contributed by atoms with E-state index in [-0.39, 0.29) is 23.4 Å². The molecule has 1 aliphatic heterocycles. The van der Waals surface area contributed by atoms with E-state index in [9.17, 15) is 9.59 Å². The smallest absolute Gasteiger partial charge is 0.319 e. The van der Waals surface area contributed by atoms with Gasteiger partial charge in [-0.2, -0.15) is 0 Å². The molecule has 2 aromatic carbocycles. The lowest BCUT2D eigenvalue weighted by Crippen LogP contribution is -2.44. The van der Waals surface area contributed by atoms with Gasteiger partial charge in [0.2, 0.25) is 0 Å². The molecule has 30 heavy (non-hydrogen) atoms. The zero-order chi connectivity index (χ0) is 21.6. The average molecular weight is 430 g/mol. The van der Waals surface area contributed by atoms with Gasteiger partial charge in [0.1, 0.15) is 0 Å². The number of ether oxygens (including phenoxy) is 1.